The molecular formula is C23H21N7O2. The summed E-state index contributed by atoms with van der Waals surface area (Å²) in [7, 11) is 0. The van der Waals surface area contributed by atoms with Crippen molar-refractivity contribution < 1.29 is 9.53 Å². The van der Waals surface area contributed by atoms with Gasteiger partial charge in [0.15, 0.2) is 5.82 Å². The first kappa shape index (κ1) is 19.8. The monoisotopic (exact) mass is 427 g/mol. The Kier molecular flexibility index (Phi) is 5.29. The van der Waals surface area contributed by atoms with E-state index in [9.17, 15) is 4.79 Å². The highest BCUT2D eigenvalue weighted by atomic mass is 16.5. The van der Waals surface area contributed by atoms with Crippen LogP contribution in [0.15, 0.2) is 61.3 Å². The number of nitrogens with zero attached hydrogens (tertiary/aromatic N) is 6. The number of rotatable bonds is 1. The molecule has 1 amide bonds. The number of fused-ring (bicyclic) bond motifs is 5. The van der Waals surface area contributed by atoms with E-state index in [-0.39, 0.29) is 11.9 Å². The highest BCUT2D eigenvalue weighted by molar-refractivity contribution is 6.06. The second kappa shape index (κ2) is 8.54. The van der Waals surface area contributed by atoms with Crippen molar-refractivity contribution in [3.63, 3.8) is 0 Å². The summed E-state index contributed by atoms with van der Waals surface area (Å²) in [4.78, 5) is 26.3. The molecule has 9 heteroatoms. The van der Waals surface area contributed by atoms with Gasteiger partial charge in [-0.05, 0) is 55.7 Å². The first-order valence-electron chi connectivity index (χ1n) is 10.4. The van der Waals surface area contributed by atoms with Crippen molar-refractivity contribution >= 4 is 11.7 Å². The Bertz CT molecular complexity index is 1260. The molecule has 1 aliphatic rings. The number of carbonyl (C=O) groups excluding carboxylic acids is 1. The summed E-state index contributed by atoms with van der Waals surface area (Å²) in [5.74, 6) is 1.02. The van der Waals surface area contributed by atoms with Crippen molar-refractivity contribution in [1.82, 2.24) is 29.7 Å². The minimum Gasteiger partial charge on any atom is -0.477 e. The predicted molar refractivity (Wildman–Crippen MR) is 118 cm³/mol. The highest BCUT2D eigenvalue weighted by Crippen LogP contribution is 2.27. The van der Waals surface area contributed by atoms with E-state index in [0.29, 0.717) is 35.4 Å². The summed E-state index contributed by atoms with van der Waals surface area (Å²) in [6, 6.07) is 11.1. The molecule has 5 rings (SSSR count). The third kappa shape index (κ3) is 3.92. The zero-order valence-corrected chi connectivity index (χ0v) is 17.5. The van der Waals surface area contributed by atoms with Gasteiger partial charge in [0.2, 0.25) is 5.88 Å². The largest absolute Gasteiger partial charge is 0.477 e. The van der Waals surface area contributed by atoms with Gasteiger partial charge in [0, 0.05) is 30.2 Å². The fourth-order valence-electron chi connectivity index (χ4n) is 3.68. The van der Waals surface area contributed by atoms with E-state index in [1.807, 2.05) is 28.8 Å². The van der Waals surface area contributed by atoms with E-state index in [2.05, 4.69) is 37.4 Å². The molecule has 1 N–H and O–H groups in total. The summed E-state index contributed by atoms with van der Waals surface area (Å²) >= 11 is 0. The lowest BCUT2D eigenvalue weighted by Crippen LogP contribution is -2.17. The lowest BCUT2D eigenvalue weighted by atomic mass is 10.1. The standard InChI is InChI=1S/C23H21N7O2/c1-15-4-3-11-32-23-18(12-17(13-25-23)16-7-9-24-10-8-16)22(31)28-20-6-2-5-19(27-20)21-29-26-14-30(15)21/h2,5-10,12-15H,3-4,11H2,1H3,(H,27,28,31). The number of nitrogens with one attached hydrogen (secondary N) is 1. The molecule has 1 aliphatic heterocycles. The molecule has 0 aromatic carbocycles. The molecule has 1 atom stereocenters. The molecule has 1 unspecified atom stereocenters. The maximum Gasteiger partial charge on any atom is 0.262 e. The number of carbonyl (C=O) groups is 1. The molecule has 0 radical (unpaired) electrons. The van der Waals surface area contributed by atoms with E-state index in [4.69, 9.17) is 4.74 Å². The molecule has 5 heterocycles. The molecule has 9 nitrogen and oxygen atoms in total. The van der Waals surface area contributed by atoms with Gasteiger partial charge in [0.25, 0.3) is 5.91 Å². The summed E-state index contributed by atoms with van der Waals surface area (Å²) < 4.78 is 7.91. The normalized spacial score (nSPS) is 16.2. The van der Waals surface area contributed by atoms with Crippen LogP contribution in [0.5, 0.6) is 5.88 Å². The summed E-state index contributed by atoms with van der Waals surface area (Å²) in [5.41, 5.74) is 2.70. The lowest BCUT2D eigenvalue weighted by molar-refractivity contribution is 0.102. The van der Waals surface area contributed by atoms with Crippen LogP contribution in [0.4, 0.5) is 5.82 Å². The Morgan fingerprint density at radius 3 is 2.91 bits per heavy atom. The van der Waals surface area contributed by atoms with Gasteiger partial charge in [0.1, 0.15) is 23.4 Å². The number of ether oxygens (including phenoxy) is 1. The Morgan fingerprint density at radius 2 is 2.03 bits per heavy atom. The number of aromatic nitrogens is 6. The van der Waals surface area contributed by atoms with Crippen LogP contribution in [0.2, 0.25) is 0 Å². The fraction of sp³-hybridized carbons (Fsp3) is 0.217. The van der Waals surface area contributed by atoms with E-state index in [1.54, 1.807) is 37.1 Å². The molecule has 0 fully saturated rings. The smallest absolute Gasteiger partial charge is 0.262 e. The van der Waals surface area contributed by atoms with Gasteiger partial charge in [-0.1, -0.05) is 6.07 Å². The predicted octanol–water partition coefficient (Wildman–Crippen LogP) is 3.78. The molecule has 32 heavy (non-hydrogen) atoms. The molecule has 2 bridgehead atoms. The van der Waals surface area contributed by atoms with E-state index >= 15 is 0 Å². The van der Waals surface area contributed by atoms with Crippen molar-refractivity contribution in [3.05, 3.63) is 66.9 Å². The molecule has 0 aliphatic carbocycles. The molecule has 0 saturated heterocycles. The average Bonchev–Trinajstić information content (AvgIpc) is 3.32. The van der Waals surface area contributed by atoms with Crippen LogP contribution in [0.3, 0.4) is 0 Å². The van der Waals surface area contributed by atoms with Crippen LogP contribution < -0.4 is 10.1 Å². The van der Waals surface area contributed by atoms with Crippen LogP contribution in [0.25, 0.3) is 22.6 Å². The van der Waals surface area contributed by atoms with Gasteiger partial charge >= 0.3 is 0 Å². The van der Waals surface area contributed by atoms with Gasteiger partial charge in [0.05, 0.1) is 6.61 Å². The van der Waals surface area contributed by atoms with Crippen LogP contribution in [-0.2, 0) is 0 Å². The second-order valence-corrected chi connectivity index (χ2v) is 7.58. The second-order valence-electron chi connectivity index (χ2n) is 7.58. The summed E-state index contributed by atoms with van der Waals surface area (Å²) in [6.45, 7) is 2.55. The molecule has 4 aromatic heterocycles. The third-order valence-corrected chi connectivity index (χ3v) is 5.38. The number of hydrogen-bond acceptors (Lipinski definition) is 7. The molecular weight excluding hydrogens is 406 g/mol. The van der Waals surface area contributed by atoms with Gasteiger partial charge < -0.3 is 14.6 Å². The molecule has 0 spiro atoms. The average molecular weight is 427 g/mol. The Morgan fingerprint density at radius 1 is 1.16 bits per heavy atom. The number of pyridine rings is 3. The maximum absolute atomic E-state index is 13.2. The van der Waals surface area contributed by atoms with Crippen LogP contribution in [-0.4, -0.2) is 42.2 Å². The van der Waals surface area contributed by atoms with Crippen molar-refractivity contribution in [1.29, 1.82) is 0 Å². The maximum atomic E-state index is 13.2. The molecule has 0 saturated carbocycles. The number of hydrogen-bond donors (Lipinski definition) is 1. The number of amides is 1. The van der Waals surface area contributed by atoms with Gasteiger partial charge in [-0.25, -0.2) is 9.97 Å². The van der Waals surface area contributed by atoms with Gasteiger partial charge in [-0.2, -0.15) is 0 Å². The molecule has 4 aromatic rings. The molecule has 160 valence electrons. The highest BCUT2D eigenvalue weighted by Gasteiger charge is 2.19. The zero-order chi connectivity index (χ0) is 21.9. The number of anilines is 1. The minimum atomic E-state index is -0.347. The van der Waals surface area contributed by atoms with Crippen molar-refractivity contribution in [2.45, 2.75) is 25.8 Å². The van der Waals surface area contributed by atoms with E-state index in [0.717, 1.165) is 24.0 Å². The lowest BCUT2D eigenvalue weighted by Gasteiger charge is -2.17. The van der Waals surface area contributed by atoms with Crippen LogP contribution >= 0.6 is 0 Å². The topological polar surface area (TPSA) is 108 Å². The Balaban J connectivity index is 1.55. The van der Waals surface area contributed by atoms with Crippen molar-refractivity contribution in [2.24, 2.45) is 0 Å². The third-order valence-electron chi connectivity index (χ3n) is 5.38. The fourth-order valence-corrected chi connectivity index (χ4v) is 3.68. The van der Waals surface area contributed by atoms with Gasteiger partial charge in [-0.3, -0.25) is 9.78 Å². The van der Waals surface area contributed by atoms with Gasteiger partial charge in [-0.15, -0.1) is 10.2 Å². The summed E-state index contributed by atoms with van der Waals surface area (Å²) in [5, 5.41) is 11.2. The van der Waals surface area contributed by atoms with Crippen molar-refractivity contribution in [2.75, 3.05) is 11.9 Å². The summed E-state index contributed by atoms with van der Waals surface area (Å²) in [6.07, 6.45) is 8.44. The SMILES string of the molecule is CC1CCCOc2ncc(-c3ccncc3)cc2C(=O)Nc2cccc(n2)-c2nncn21. The van der Waals surface area contributed by atoms with E-state index < -0.39 is 0 Å². The van der Waals surface area contributed by atoms with Crippen LogP contribution in [0.1, 0.15) is 36.2 Å². The Hall–Kier alpha value is -4.14. The quantitative estimate of drug-likeness (QED) is 0.492. The first-order valence-corrected chi connectivity index (χ1v) is 10.4. The zero-order valence-electron chi connectivity index (χ0n) is 17.5. The first-order chi connectivity index (χ1) is 15.7. The Labute approximate surface area is 184 Å². The van der Waals surface area contributed by atoms with E-state index in [1.165, 1.54) is 0 Å². The van der Waals surface area contributed by atoms with Crippen LogP contribution in [0, 0.1) is 0 Å². The van der Waals surface area contributed by atoms with Crippen molar-refractivity contribution in [3.8, 4) is 28.5 Å². The minimum absolute atomic E-state index is 0.160.